The van der Waals surface area contributed by atoms with Crippen LogP contribution in [0.5, 0.6) is 17.2 Å². The van der Waals surface area contributed by atoms with E-state index in [1.807, 2.05) is 6.26 Å². The number of alkyl halides is 2. The summed E-state index contributed by atoms with van der Waals surface area (Å²) >= 11 is 1.74. The molecule has 1 unspecified atom stereocenters. The lowest BCUT2D eigenvalue weighted by atomic mass is 10.1. The zero-order valence-corrected chi connectivity index (χ0v) is 14.6. The van der Waals surface area contributed by atoms with Gasteiger partial charge in [-0.1, -0.05) is 6.92 Å². The minimum atomic E-state index is -2.91. The van der Waals surface area contributed by atoms with Gasteiger partial charge in [0.15, 0.2) is 17.5 Å². The van der Waals surface area contributed by atoms with Gasteiger partial charge in [0.05, 0.1) is 0 Å². The number of thioether (sulfide) groups is 1. The highest BCUT2D eigenvalue weighted by Gasteiger charge is 2.20. The van der Waals surface area contributed by atoms with Crippen LogP contribution in [-0.4, -0.2) is 44.5 Å². The van der Waals surface area contributed by atoms with Crippen LogP contribution in [0, 0.1) is 0 Å². The maximum atomic E-state index is 12.6. The zero-order chi connectivity index (χ0) is 17.5. The van der Waals surface area contributed by atoms with E-state index >= 15 is 0 Å². The summed E-state index contributed by atoms with van der Waals surface area (Å²) in [6, 6.07) is 3.04. The molecule has 9 heteroatoms. The molecule has 1 aliphatic heterocycles. The highest BCUT2D eigenvalue weighted by atomic mass is 32.2. The van der Waals surface area contributed by atoms with Crippen LogP contribution in [0.3, 0.4) is 0 Å². The number of nitrogens with zero attached hydrogens (tertiary/aromatic N) is 1. The molecule has 0 saturated heterocycles. The Kier molecular flexibility index (Phi) is 6.77. The van der Waals surface area contributed by atoms with Gasteiger partial charge in [0.2, 0.25) is 6.79 Å². The lowest BCUT2D eigenvalue weighted by Crippen LogP contribution is -2.39. The molecule has 2 rings (SSSR count). The van der Waals surface area contributed by atoms with Gasteiger partial charge < -0.3 is 24.8 Å². The van der Waals surface area contributed by atoms with Crippen LogP contribution in [0.1, 0.15) is 12.5 Å². The summed E-state index contributed by atoms with van der Waals surface area (Å²) in [4.78, 5) is 4.11. The number of halogens is 2. The lowest BCUT2D eigenvalue weighted by molar-refractivity contribution is -0.0505. The van der Waals surface area contributed by atoms with Crippen LogP contribution >= 0.6 is 11.8 Å². The molecule has 0 bridgehead atoms. The molecule has 1 atom stereocenters. The predicted molar refractivity (Wildman–Crippen MR) is 90.4 cm³/mol. The first-order valence-corrected chi connectivity index (χ1v) is 8.67. The van der Waals surface area contributed by atoms with Crippen LogP contribution in [0.4, 0.5) is 8.78 Å². The maximum Gasteiger partial charge on any atom is 0.387 e. The molecule has 24 heavy (non-hydrogen) atoms. The Labute approximate surface area is 143 Å². The monoisotopic (exact) mass is 361 g/mol. The minimum absolute atomic E-state index is 0.0506. The first-order chi connectivity index (χ1) is 11.5. The maximum absolute atomic E-state index is 12.6. The van der Waals surface area contributed by atoms with Crippen LogP contribution in [0.2, 0.25) is 0 Å². The van der Waals surface area contributed by atoms with Crippen LogP contribution in [0.15, 0.2) is 17.1 Å². The Morgan fingerprint density at radius 3 is 2.67 bits per heavy atom. The first-order valence-electron chi connectivity index (χ1n) is 7.38. The number of aliphatic imine (C=N–C) groups is 1. The van der Waals surface area contributed by atoms with Gasteiger partial charge in [-0.3, -0.25) is 4.99 Å². The predicted octanol–water partition coefficient (Wildman–Crippen LogP) is 2.43. The van der Waals surface area contributed by atoms with Gasteiger partial charge in [0, 0.05) is 37.0 Å². The van der Waals surface area contributed by atoms with Gasteiger partial charge in [-0.05, 0) is 12.3 Å². The molecule has 1 heterocycles. The topological polar surface area (TPSA) is 64.1 Å². The number of benzene rings is 1. The first kappa shape index (κ1) is 18.4. The quantitative estimate of drug-likeness (QED) is 0.575. The van der Waals surface area contributed by atoms with Crippen molar-refractivity contribution in [1.29, 1.82) is 0 Å². The number of hydrogen-bond donors (Lipinski definition) is 2. The van der Waals surface area contributed by atoms with E-state index < -0.39 is 6.61 Å². The van der Waals surface area contributed by atoms with Crippen molar-refractivity contribution in [1.82, 2.24) is 10.6 Å². The summed E-state index contributed by atoms with van der Waals surface area (Å²) in [5, 5.41) is 6.68. The van der Waals surface area contributed by atoms with E-state index in [-0.39, 0.29) is 19.1 Å². The van der Waals surface area contributed by atoms with E-state index in [0.717, 1.165) is 6.54 Å². The van der Waals surface area contributed by atoms with E-state index in [1.54, 1.807) is 24.9 Å². The third-order valence-corrected chi connectivity index (χ3v) is 4.37. The Hall–Kier alpha value is -1.90. The largest absolute Gasteiger partial charge is 0.454 e. The van der Waals surface area contributed by atoms with Gasteiger partial charge in [0.25, 0.3) is 0 Å². The smallest absolute Gasteiger partial charge is 0.387 e. The number of guanidine groups is 1. The standard InChI is InChI=1S/C15H21F2N3O3S/c1-9(24-3)6-19-15(18-2)20-7-10-4-12-13(22-8-21-12)5-11(10)23-14(16)17/h4-5,9,14H,6-8H2,1-3H3,(H2,18,19,20). The van der Waals surface area contributed by atoms with E-state index in [4.69, 9.17) is 9.47 Å². The average Bonchev–Trinajstić information content (AvgIpc) is 3.01. The van der Waals surface area contributed by atoms with Gasteiger partial charge >= 0.3 is 6.61 Å². The second-order valence-corrected chi connectivity index (χ2v) is 6.32. The summed E-state index contributed by atoms with van der Waals surface area (Å²) in [5.74, 6) is 1.53. The highest BCUT2D eigenvalue weighted by Crippen LogP contribution is 2.38. The molecule has 2 N–H and O–H groups in total. The van der Waals surface area contributed by atoms with E-state index in [2.05, 4.69) is 27.3 Å². The normalized spacial score (nSPS) is 14.7. The Bertz CT molecular complexity index is 587. The van der Waals surface area contributed by atoms with Crippen molar-refractivity contribution < 1.29 is 23.0 Å². The van der Waals surface area contributed by atoms with Crippen molar-refractivity contribution in [2.45, 2.75) is 25.3 Å². The highest BCUT2D eigenvalue weighted by molar-refractivity contribution is 7.99. The molecule has 1 aliphatic rings. The molecule has 1 aromatic carbocycles. The van der Waals surface area contributed by atoms with Crippen LogP contribution < -0.4 is 24.8 Å². The molecule has 0 aliphatic carbocycles. The zero-order valence-electron chi connectivity index (χ0n) is 13.8. The molecule has 134 valence electrons. The summed E-state index contributed by atoms with van der Waals surface area (Å²) in [6.07, 6.45) is 2.03. The fourth-order valence-corrected chi connectivity index (χ4v) is 2.28. The second kappa shape index (κ2) is 8.81. The lowest BCUT2D eigenvalue weighted by Gasteiger charge is -2.16. The third kappa shape index (κ3) is 5.05. The molecule has 0 amide bonds. The summed E-state index contributed by atoms with van der Waals surface area (Å²) in [6.45, 7) is 0.242. The Balaban J connectivity index is 2.04. The fraction of sp³-hybridized carbons (Fsp3) is 0.533. The summed E-state index contributed by atoms with van der Waals surface area (Å²) in [5.41, 5.74) is 0.528. The fourth-order valence-electron chi connectivity index (χ4n) is 2.03. The molecule has 1 aromatic rings. The molecule has 0 aromatic heterocycles. The van der Waals surface area contributed by atoms with Crippen molar-refractivity contribution >= 4 is 17.7 Å². The number of hydrogen-bond acceptors (Lipinski definition) is 5. The third-order valence-electron chi connectivity index (χ3n) is 3.40. The van der Waals surface area contributed by atoms with E-state index in [9.17, 15) is 8.78 Å². The van der Waals surface area contributed by atoms with Crippen LogP contribution in [0.25, 0.3) is 0 Å². The molecular formula is C15H21F2N3O3S. The van der Waals surface area contributed by atoms with E-state index in [1.165, 1.54) is 6.07 Å². The molecular weight excluding hydrogens is 340 g/mol. The number of fused-ring (bicyclic) bond motifs is 1. The molecule has 0 saturated carbocycles. The van der Waals surface area contributed by atoms with Crippen molar-refractivity contribution in [2.24, 2.45) is 4.99 Å². The average molecular weight is 361 g/mol. The number of nitrogens with one attached hydrogen (secondary N) is 2. The minimum Gasteiger partial charge on any atom is -0.454 e. The van der Waals surface area contributed by atoms with E-state index in [0.29, 0.717) is 28.3 Å². The summed E-state index contributed by atoms with van der Waals surface area (Å²) < 4.78 is 40.3. The van der Waals surface area contributed by atoms with Crippen LogP contribution in [-0.2, 0) is 6.54 Å². The number of ether oxygens (including phenoxy) is 3. The molecule has 0 radical (unpaired) electrons. The van der Waals surface area contributed by atoms with Crippen molar-refractivity contribution in [3.8, 4) is 17.2 Å². The van der Waals surface area contributed by atoms with Crippen molar-refractivity contribution in [2.75, 3.05) is 26.6 Å². The number of rotatable bonds is 7. The van der Waals surface area contributed by atoms with Crippen molar-refractivity contribution in [3.05, 3.63) is 17.7 Å². The molecule has 0 fully saturated rings. The van der Waals surface area contributed by atoms with Gasteiger partial charge in [0.1, 0.15) is 5.75 Å². The molecule has 6 nitrogen and oxygen atoms in total. The van der Waals surface area contributed by atoms with Gasteiger partial charge in [-0.2, -0.15) is 20.5 Å². The molecule has 0 spiro atoms. The van der Waals surface area contributed by atoms with Gasteiger partial charge in [-0.15, -0.1) is 0 Å². The SMILES string of the molecule is CN=C(NCc1cc2c(cc1OC(F)F)OCO2)NCC(C)SC. The summed E-state index contributed by atoms with van der Waals surface area (Å²) in [7, 11) is 1.65. The van der Waals surface area contributed by atoms with Crippen molar-refractivity contribution in [3.63, 3.8) is 0 Å². The Morgan fingerprint density at radius 2 is 2.04 bits per heavy atom. The van der Waals surface area contributed by atoms with Gasteiger partial charge in [-0.25, -0.2) is 0 Å². The Morgan fingerprint density at radius 1 is 1.33 bits per heavy atom. The second-order valence-electron chi connectivity index (χ2n) is 5.04.